The van der Waals surface area contributed by atoms with E-state index in [2.05, 4.69) is 4.74 Å². The van der Waals surface area contributed by atoms with Crippen LogP contribution in [0, 0.1) is 5.82 Å². The lowest BCUT2D eigenvalue weighted by Gasteiger charge is -2.25. The maximum atomic E-state index is 13.9. The highest BCUT2D eigenvalue weighted by Gasteiger charge is 2.35. The zero-order valence-corrected chi connectivity index (χ0v) is 21.3. The number of hydrogen-bond donors (Lipinski definition) is 0. The second kappa shape index (κ2) is 11.1. The molecule has 0 bridgehead atoms. The largest absolute Gasteiger partial charge is 0.463 e. The number of halogens is 3. The summed E-state index contributed by atoms with van der Waals surface area (Å²) < 4.78 is 51.3. The van der Waals surface area contributed by atoms with Crippen LogP contribution in [0.15, 0.2) is 94.2 Å². The number of thiazole rings is 1. The number of carbonyl (C=O) groups excluding carboxylic acids is 1. The summed E-state index contributed by atoms with van der Waals surface area (Å²) in [6.07, 6.45) is 1.44. The molecule has 0 saturated heterocycles. The zero-order valence-electron chi connectivity index (χ0n) is 20.5. The standard InChI is InChI=1S/C29H21F3N2O4S/c1-2-37-27(36)23-24(17-8-4-3-5-9-17)33-29-34(25(23)18-12-14-20(30)15-13-18)26(35)22(39-29)16-19-10-6-7-11-21(19)38-28(31)32/h3-16,25,28H,2H2,1H3/b22-16+/t25-/m1/s1. The van der Waals surface area contributed by atoms with Gasteiger partial charge in [-0.15, -0.1) is 0 Å². The maximum absolute atomic E-state index is 13.9. The summed E-state index contributed by atoms with van der Waals surface area (Å²) >= 11 is 1.04. The summed E-state index contributed by atoms with van der Waals surface area (Å²) in [4.78, 5) is 32.2. The molecule has 0 amide bonds. The molecule has 1 aliphatic heterocycles. The molecule has 0 spiro atoms. The molecule has 5 rings (SSSR count). The minimum Gasteiger partial charge on any atom is -0.463 e. The molecular weight excluding hydrogens is 529 g/mol. The molecular formula is C29H21F3N2O4S. The van der Waals surface area contributed by atoms with E-state index in [9.17, 15) is 22.8 Å². The number of aromatic nitrogens is 1. The molecule has 0 fully saturated rings. The van der Waals surface area contributed by atoms with Crippen molar-refractivity contribution in [1.82, 2.24) is 4.57 Å². The smallest absolute Gasteiger partial charge is 0.387 e. The number of benzene rings is 3. The average Bonchev–Trinajstić information content (AvgIpc) is 3.24. The molecule has 6 nitrogen and oxygen atoms in total. The summed E-state index contributed by atoms with van der Waals surface area (Å²) in [5.74, 6) is -1.24. The molecule has 0 aliphatic carbocycles. The van der Waals surface area contributed by atoms with Crippen LogP contribution in [-0.2, 0) is 9.53 Å². The fourth-order valence-electron chi connectivity index (χ4n) is 4.35. The Bertz CT molecular complexity index is 1730. The van der Waals surface area contributed by atoms with Gasteiger partial charge in [0, 0.05) is 11.1 Å². The minimum atomic E-state index is -3.04. The molecule has 3 aromatic carbocycles. The van der Waals surface area contributed by atoms with E-state index >= 15 is 0 Å². The van der Waals surface area contributed by atoms with E-state index in [1.165, 1.54) is 41.0 Å². The van der Waals surface area contributed by atoms with Crippen LogP contribution in [0.4, 0.5) is 13.2 Å². The van der Waals surface area contributed by atoms with E-state index in [-0.39, 0.29) is 32.8 Å². The van der Waals surface area contributed by atoms with Crippen molar-refractivity contribution < 1.29 is 27.4 Å². The highest BCUT2D eigenvalue weighted by Crippen LogP contribution is 2.35. The Labute approximate surface area is 224 Å². The van der Waals surface area contributed by atoms with E-state index in [1.807, 2.05) is 6.07 Å². The topological polar surface area (TPSA) is 69.9 Å². The van der Waals surface area contributed by atoms with E-state index in [4.69, 9.17) is 9.73 Å². The summed E-state index contributed by atoms with van der Waals surface area (Å²) in [6.45, 7) is -1.28. The van der Waals surface area contributed by atoms with Crippen LogP contribution in [0.2, 0.25) is 0 Å². The molecule has 2 heterocycles. The van der Waals surface area contributed by atoms with Gasteiger partial charge in [-0.05, 0) is 36.8 Å². The molecule has 0 unspecified atom stereocenters. The summed E-state index contributed by atoms with van der Waals surface area (Å²) in [5, 5.41) is 0. The molecule has 1 atom stereocenters. The number of fused-ring (bicyclic) bond motifs is 1. The van der Waals surface area contributed by atoms with Gasteiger partial charge in [-0.2, -0.15) is 8.78 Å². The van der Waals surface area contributed by atoms with Crippen molar-refractivity contribution in [2.24, 2.45) is 4.99 Å². The SMILES string of the molecule is CCOC(=O)C1=C(c2ccccc2)N=c2s/c(=C/c3ccccc3OC(F)F)c(=O)n2[C@@H]1c1ccc(F)cc1. The molecule has 0 radical (unpaired) electrons. The zero-order chi connectivity index (χ0) is 27.5. The van der Waals surface area contributed by atoms with Gasteiger partial charge in [0.15, 0.2) is 4.80 Å². The van der Waals surface area contributed by atoms with E-state index in [1.54, 1.807) is 49.4 Å². The first-order valence-electron chi connectivity index (χ1n) is 11.9. The molecule has 10 heteroatoms. The quantitative estimate of drug-likeness (QED) is 0.314. The Kier molecular flexibility index (Phi) is 7.47. The number of para-hydroxylation sites is 1. The van der Waals surface area contributed by atoms with E-state index in [0.29, 0.717) is 16.8 Å². The monoisotopic (exact) mass is 550 g/mol. The third-order valence-corrected chi connectivity index (χ3v) is 6.96. The lowest BCUT2D eigenvalue weighted by atomic mass is 9.93. The Morgan fingerprint density at radius 1 is 1.05 bits per heavy atom. The Morgan fingerprint density at radius 3 is 2.44 bits per heavy atom. The molecule has 198 valence electrons. The molecule has 0 saturated carbocycles. The molecule has 0 N–H and O–H groups in total. The lowest BCUT2D eigenvalue weighted by molar-refractivity contribution is -0.138. The van der Waals surface area contributed by atoms with Crippen molar-refractivity contribution in [2.75, 3.05) is 6.61 Å². The van der Waals surface area contributed by atoms with E-state index in [0.717, 1.165) is 11.3 Å². The van der Waals surface area contributed by atoms with Gasteiger partial charge in [-0.3, -0.25) is 9.36 Å². The highest BCUT2D eigenvalue weighted by atomic mass is 32.1. The van der Waals surface area contributed by atoms with Gasteiger partial charge < -0.3 is 9.47 Å². The predicted molar refractivity (Wildman–Crippen MR) is 141 cm³/mol. The number of hydrogen-bond acceptors (Lipinski definition) is 6. The van der Waals surface area contributed by atoms with Gasteiger partial charge in [0.1, 0.15) is 11.6 Å². The van der Waals surface area contributed by atoms with Crippen LogP contribution >= 0.6 is 11.3 Å². The van der Waals surface area contributed by atoms with Crippen molar-refractivity contribution in [3.63, 3.8) is 0 Å². The maximum Gasteiger partial charge on any atom is 0.387 e. The van der Waals surface area contributed by atoms with Crippen molar-refractivity contribution in [3.05, 3.63) is 127 Å². The van der Waals surface area contributed by atoms with Gasteiger partial charge in [0.2, 0.25) is 0 Å². The predicted octanol–water partition coefficient (Wildman–Crippen LogP) is 4.68. The Morgan fingerprint density at radius 2 is 1.74 bits per heavy atom. The molecule has 4 aromatic rings. The number of alkyl halides is 2. The van der Waals surface area contributed by atoms with Crippen molar-refractivity contribution in [3.8, 4) is 5.75 Å². The second-order valence-corrected chi connectivity index (χ2v) is 9.41. The van der Waals surface area contributed by atoms with Crippen LogP contribution in [0.1, 0.15) is 29.7 Å². The number of nitrogens with zero attached hydrogens (tertiary/aromatic N) is 2. The first kappa shape index (κ1) is 26.2. The van der Waals surface area contributed by atoms with Crippen LogP contribution in [-0.4, -0.2) is 23.8 Å². The van der Waals surface area contributed by atoms with E-state index < -0.39 is 30.0 Å². The van der Waals surface area contributed by atoms with Crippen molar-refractivity contribution >= 4 is 29.1 Å². The molecule has 1 aliphatic rings. The normalized spacial score (nSPS) is 15.2. The summed E-state index contributed by atoms with van der Waals surface area (Å²) in [6, 6.07) is 19.6. The van der Waals surface area contributed by atoms with Gasteiger partial charge in [-0.25, -0.2) is 14.2 Å². The first-order valence-corrected chi connectivity index (χ1v) is 12.8. The number of rotatable bonds is 7. The fraction of sp³-hybridized carbons (Fsp3) is 0.138. The lowest BCUT2D eigenvalue weighted by Crippen LogP contribution is -2.40. The van der Waals surface area contributed by atoms with Crippen molar-refractivity contribution in [1.29, 1.82) is 0 Å². The van der Waals surface area contributed by atoms with Crippen LogP contribution in [0.25, 0.3) is 11.8 Å². The molecule has 39 heavy (non-hydrogen) atoms. The average molecular weight is 551 g/mol. The number of carbonyl (C=O) groups is 1. The van der Waals surface area contributed by atoms with Gasteiger partial charge in [-0.1, -0.05) is 72.0 Å². The van der Waals surface area contributed by atoms with Gasteiger partial charge >= 0.3 is 12.6 Å². The summed E-state index contributed by atoms with van der Waals surface area (Å²) in [7, 11) is 0. The van der Waals surface area contributed by atoms with Crippen LogP contribution < -0.4 is 19.6 Å². The second-order valence-electron chi connectivity index (χ2n) is 8.40. The Hall–Kier alpha value is -4.44. The van der Waals surface area contributed by atoms with Crippen LogP contribution in [0.5, 0.6) is 5.75 Å². The van der Waals surface area contributed by atoms with Gasteiger partial charge in [0.25, 0.3) is 5.56 Å². The Balaban J connectivity index is 1.80. The highest BCUT2D eigenvalue weighted by molar-refractivity contribution is 7.07. The van der Waals surface area contributed by atoms with Crippen molar-refractivity contribution in [2.45, 2.75) is 19.6 Å². The number of esters is 1. The number of ether oxygens (including phenoxy) is 2. The van der Waals surface area contributed by atoms with Crippen LogP contribution in [0.3, 0.4) is 0 Å². The fourth-order valence-corrected chi connectivity index (χ4v) is 5.34. The summed E-state index contributed by atoms with van der Waals surface area (Å²) in [5.41, 5.74) is 1.30. The third kappa shape index (κ3) is 5.28. The third-order valence-electron chi connectivity index (χ3n) is 5.98. The molecule has 1 aromatic heterocycles. The minimum absolute atomic E-state index is 0.0892. The van der Waals surface area contributed by atoms with Gasteiger partial charge in [0.05, 0.1) is 28.5 Å². The first-order chi connectivity index (χ1) is 18.9.